The molecule has 0 aliphatic carbocycles. The summed E-state index contributed by atoms with van der Waals surface area (Å²) in [5, 5.41) is 0. The van der Waals surface area contributed by atoms with Crippen LogP contribution in [0.5, 0.6) is 0 Å². The van der Waals surface area contributed by atoms with E-state index in [1.165, 1.54) is 12.1 Å². The second kappa shape index (κ2) is 7.36. The van der Waals surface area contributed by atoms with E-state index >= 15 is 0 Å². The number of likely N-dealkylation sites (N-methyl/N-ethyl adjacent to an activating group) is 2. The summed E-state index contributed by atoms with van der Waals surface area (Å²) in [6, 6.07) is 6.08. The van der Waals surface area contributed by atoms with Gasteiger partial charge < -0.3 is 10.6 Å². The number of rotatable bonds is 6. The predicted octanol–water partition coefficient (Wildman–Crippen LogP) is 1.62. The third-order valence-corrected chi connectivity index (χ3v) is 3.45. The number of halogens is 1. The van der Waals surface area contributed by atoms with Crippen molar-refractivity contribution in [3.05, 3.63) is 35.6 Å². The molecule has 0 spiro atoms. The molecule has 0 heterocycles. The molecular formula is C15H24FN3O. The smallest absolute Gasteiger partial charge is 0.236 e. The summed E-state index contributed by atoms with van der Waals surface area (Å²) >= 11 is 0. The van der Waals surface area contributed by atoms with Crippen LogP contribution < -0.4 is 5.73 Å². The fourth-order valence-corrected chi connectivity index (χ4v) is 2.16. The van der Waals surface area contributed by atoms with Crippen molar-refractivity contribution in [1.82, 2.24) is 9.80 Å². The van der Waals surface area contributed by atoms with Crippen LogP contribution >= 0.6 is 0 Å². The number of nitrogens with two attached hydrogens (primary N) is 1. The maximum atomic E-state index is 13.0. The summed E-state index contributed by atoms with van der Waals surface area (Å²) < 4.78 is 13.0. The average Bonchev–Trinajstić information content (AvgIpc) is 2.40. The van der Waals surface area contributed by atoms with Crippen molar-refractivity contribution in [3.8, 4) is 0 Å². The monoisotopic (exact) mass is 281 g/mol. The molecule has 1 amide bonds. The highest BCUT2D eigenvalue weighted by Crippen LogP contribution is 2.24. The number of hydrogen-bond acceptors (Lipinski definition) is 3. The number of amides is 1. The lowest BCUT2D eigenvalue weighted by Gasteiger charge is -2.33. The Kier molecular flexibility index (Phi) is 6.10. The van der Waals surface area contributed by atoms with Crippen LogP contribution in [0.4, 0.5) is 4.39 Å². The van der Waals surface area contributed by atoms with Gasteiger partial charge in [0.05, 0.1) is 12.6 Å². The normalized spacial score (nSPS) is 14.2. The minimum Gasteiger partial charge on any atom is -0.348 e. The molecule has 2 atom stereocenters. The molecule has 5 heteroatoms. The summed E-state index contributed by atoms with van der Waals surface area (Å²) in [5.41, 5.74) is 7.11. The van der Waals surface area contributed by atoms with Gasteiger partial charge in [0.25, 0.3) is 0 Å². The zero-order valence-corrected chi connectivity index (χ0v) is 12.6. The third kappa shape index (κ3) is 4.28. The van der Waals surface area contributed by atoms with Gasteiger partial charge in [0.2, 0.25) is 5.91 Å². The molecule has 4 nitrogen and oxygen atoms in total. The molecular weight excluding hydrogens is 257 g/mol. The molecule has 0 aliphatic heterocycles. The Balaban J connectivity index is 2.94. The quantitative estimate of drug-likeness (QED) is 0.862. The van der Waals surface area contributed by atoms with Crippen LogP contribution in [-0.4, -0.2) is 49.4 Å². The topological polar surface area (TPSA) is 49.6 Å². The van der Waals surface area contributed by atoms with E-state index in [4.69, 9.17) is 5.73 Å². The van der Waals surface area contributed by atoms with Gasteiger partial charge in [-0.25, -0.2) is 4.39 Å². The SMILES string of the molecule is CCC(N)C(c1ccc(F)cc1)N(C)CC(=O)N(C)C. The van der Waals surface area contributed by atoms with Crippen LogP contribution in [0.15, 0.2) is 24.3 Å². The minimum absolute atomic E-state index is 0.0166. The maximum absolute atomic E-state index is 13.0. The zero-order valence-electron chi connectivity index (χ0n) is 12.6. The highest BCUT2D eigenvalue weighted by atomic mass is 19.1. The number of carbonyl (C=O) groups excluding carboxylic acids is 1. The van der Waals surface area contributed by atoms with E-state index in [9.17, 15) is 9.18 Å². The molecule has 1 rings (SSSR count). The fraction of sp³-hybridized carbons (Fsp3) is 0.533. The van der Waals surface area contributed by atoms with Crippen LogP contribution in [0.3, 0.4) is 0 Å². The van der Waals surface area contributed by atoms with Crippen molar-refractivity contribution in [2.75, 3.05) is 27.7 Å². The lowest BCUT2D eigenvalue weighted by Crippen LogP contribution is -2.43. The van der Waals surface area contributed by atoms with Crippen LogP contribution in [0.1, 0.15) is 24.9 Å². The van der Waals surface area contributed by atoms with Crippen molar-refractivity contribution < 1.29 is 9.18 Å². The standard InChI is InChI=1S/C15H24FN3O/c1-5-13(17)15(11-6-8-12(16)9-7-11)19(4)10-14(20)18(2)3/h6-9,13,15H,5,10,17H2,1-4H3. The van der Waals surface area contributed by atoms with E-state index in [0.29, 0.717) is 0 Å². The van der Waals surface area contributed by atoms with Gasteiger partial charge in [0.15, 0.2) is 0 Å². The van der Waals surface area contributed by atoms with Crippen molar-refractivity contribution in [1.29, 1.82) is 0 Å². The van der Waals surface area contributed by atoms with E-state index in [0.717, 1.165) is 12.0 Å². The van der Waals surface area contributed by atoms with Crippen molar-refractivity contribution in [3.63, 3.8) is 0 Å². The molecule has 20 heavy (non-hydrogen) atoms. The van der Waals surface area contributed by atoms with Gasteiger partial charge in [-0.05, 0) is 31.2 Å². The summed E-state index contributed by atoms with van der Waals surface area (Å²) in [5.74, 6) is -0.257. The molecule has 1 aromatic carbocycles. The molecule has 0 radical (unpaired) electrons. The number of benzene rings is 1. The molecule has 0 aromatic heterocycles. The molecule has 0 saturated carbocycles. The van der Waals surface area contributed by atoms with Crippen LogP contribution in [0.2, 0.25) is 0 Å². The molecule has 1 aromatic rings. The summed E-state index contributed by atoms with van der Waals surface area (Å²) in [7, 11) is 5.32. The van der Waals surface area contributed by atoms with E-state index in [2.05, 4.69) is 0 Å². The summed E-state index contributed by atoms with van der Waals surface area (Å²) in [6.45, 7) is 2.28. The van der Waals surface area contributed by atoms with Gasteiger partial charge in [-0.15, -0.1) is 0 Å². The summed E-state index contributed by atoms with van der Waals surface area (Å²) in [4.78, 5) is 15.3. The van der Waals surface area contributed by atoms with Crippen molar-refractivity contribution >= 4 is 5.91 Å². The Bertz CT molecular complexity index is 433. The Hall–Kier alpha value is -1.46. The zero-order chi connectivity index (χ0) is 15.3. The van der Waals surface area contributed by atoms with E-state index in [1.54, 1.807) is 31.1 Å². The van der Waals surface area contributed by atoms with E-state index in [1.807, 2.05) is 18.9 Å². The van der Waals surface area contributed by atoms with Gasteiger partial charge >= 0.3 is 0 Å². The molecule has 0 bridgehead atoms. The largest absolute Gasteiger partial charge is 0.348 e. The Morgan fingerprint density at radius 2 is 1.80 bits per heavy atom. The van der Waals surface area contributed by atoms with Crippen LogP contribution in [-0.2, 0) is 4.79 Å². The van der Waals surface area contributed by atoms with Crippen LogP contribution in [0.25, 0.3) is 0 Å². The second-order valence-corrected chi connectivity index (χ2v) is 5.27. The van der Waals surface area contributed by atoms with Crippen molar-refractivity contribution in [2.45, 2.75) is 25.4 Å². The van der Waals surface area contributed by atoms with Crippen LogP contribution in [0, 0.1) is 5.82 Å². The number of hydrogen-bond donors (Lipinski definition) is 1. The molecule has 0 fully saturated rings. The number of carbonyl (C=O) groups is 1. The molecule has 2 N–H and O–H groups in total. The maximum Gasteiger partial charge on any atom is 0.236 e. The Morgan fingerprint density at radius 1 is 1.25 bits per heavy atom. The van der Waals surface area contributed by atoms with Gasteiger partial charge in [-0.2, -0.15) is 0 Å². The average molecular weight is 281 g/mol. The first kappa shape index (κ1) is 16.6. The van der Waals surface area contributed by atoms with Gasteiger partial charge in [-0.3, -0.25) is 9.69 Å². The first-order chi connectivity index (χ1) is 9.36. The molecule has 0 saturated heterocycles. The summed E-state index contributed by atoms with van der Waals surface area (Å²) in [6.07, 6.45) is 0.780. The molecule has 112 valence electrons. The molecule has 2 unspecified atom stereocenters. The van der Waals surface area contributed by atoms with Gasteiger partial charge in [0.1, 0.15) is 5.82 Å². The highest BCUT2D eigenvalue weighted by Gasteiger charge is 2.25. The van der Waals surface area contributed by atoms with Crippen molar-refractivity contribution in [2.24, 2.45) is 5.73 Å². The minimum atomic E-state index is -0.274. The predicted molar refractivity (Wildman–Crippen MR) is 78.7 cm³/mol. The van der Waals surface area contributed by atoms with E-state index in [-0.39, 0.29) is 30.4 Å². The first-order valence-corrected chi connectivity index (χ1v) is 6.78. The van der Waals surface area contributed by atoms with E-state index < -0.39 is 0 Å². The van der Waals surface area contributed by atoms with Gasteiger partial charge in [-0.1, -0.05) is 19.1 Å². The lowest BCUT2D eigenvalue weighted by atomic mass is 9.96. The van der Waals surface area contributed by atoms with Gasteiger partial charge in [0, 0.05) is 20.1 Å². The number of nitrogens with zero attached hydrogens (tertiary/aromatic N) is 2. The Labute approximate surface area is 120 Å². The lowest BCUT2D eigenvalue weighted by molar-refractivity contribution is -0.130. The highest BCUT2D eigenvalue weighted by molar-refractivity contribution is 5.77. The molecule has 0 aliphatic rings. The fourth-order valence-electron chi connectivity index (χ4n) is 2.16. The first-order valence-electron chi connectivity index (χ1n) is 6.78. The Morgan fingerprint density at radius 3 is 2.25 bits per heavy atom. The second-order valence-electron chi connectivity index (χ2n) is 5.27. The third-order valence-electron chi connectivity index (χ3n) is 3.45.